The number of hydrogen-bond donors (Lipinski definition) is 0. The minimum absolute atomic E-state index is 0.0278. The van der Waals surface area contributed by atoms with Gasteiger partial charge in [0.2, 0.25) is 11.8 Å². The number of thiazole rings is 1. The van der Waals surface area contributed by atoms with E-state index in [9.17, 15) is 0 Å². The van der Waals surface area contributed by atoms with Crippen molar-refractivity contribution in [3.05, 3.63) is 54.4 Å². The lowest BCUT2D eigenvalue weighted by atomic mass is 10.2. The summed E-state index contributed by atoms with van der Waals surface area (Å²) < 4.78 is 13.2. The highest BCUT2D eigenvalue weighted by Gasteiger charge is 2.18. The quantitative estimate of drug-likeness (QED) is 0.450. The molecule has 1 atom stereocenters. The standard InChI is InChI=1S/C18H15N3O2S2/c1-11(24-18-19-14-5-3-4-6-15(14)25-18)16-20-21-17(23-16)12-7-9-13(22-2)10-8-12/h3-11H,1-2H3. The van der Waals surface area contributed by atoms with E-state index in [1.54, 1.807) is 30.2 Å². The van der Waals surface area contributed by atoms with Crippen LogP contribution in [0.2, 0.25) is 0 Å². The SMILES string of the molecule is COc1ccc(-c2nnc(C(C)Sc3nc4ccccc4s3)o2)cc1. The van der Waals surface area contributed by atoms with Gasteiger partial charge in [-0.2, -0.15) is 0 Å². The molecule has 2 aromatic carbocycles. The fourth-order valence-corrected chi connectivity index (χ4v) is 4.59. The van der Waals surface area contributed by atoms with Crippen LogP contribution < -0.4 is 4.74 Å². The second-order valence-corrected chi connectivity index (χ2v) is 8.00. The molecular formula is C18H15N3O2S2. The molecule has 1 unspecified atom stereocenters. The van der Waals surface area contributed by atoms with Gasteiger partial charge >= 0.3 is 0 Å². The third kappa shape index (κ3) is 3.38. The van der Waals surface area contributed by atoms with Gasteiger partial charge in [-0.1, -0.05) is 23.9 Å². The molecule has 0 aliphatic rings. The Balaban J connectivity index is 1.52. The average Bonchev–Trinajstić information content (AvgIpc) is 3.28. The van der Waals surface area contributed by atoms with Gasteiger partial charge in [0.1, 0.15) is 5.75 Å². The topological polar surface area (TPSA) is 61.0 Å². The molecule has 25 heavy (non-hydrogen) atoms. The van der Waals surface area contributed by atoms with Crippen LogP contribution in [0.1, 0.15) is 18.1 Å². The first kappa shape index (κ1) is 16.1. The first-order valence-electron chi connectivity index (χ1n) is 7.73. The van der Waals surface area contributed by atoms with E-state index in [1.807, 2.05) is 49.4 Å². The lowest BCUT2D eigenvalue weighted by molar-refractivity contribution is 0.415. The molecule has 0 bridgehead atoms. The number of nitrogens with zero attached hydrogens (tertiary/aromatic N) is 3. The number of rotatable bonds is 5. The third-order valence-corrected chi connectivity index (χ3v) is 5.90. The van der Waals surface area contributed by atoms with Crippen molar-refractivity contribution in [1.29, 1.82) is 0 Å². The Kier molecular flexibility index (Phi) is 4.42. The van der Waals surface area contributed by atoms with Crippen molar-refractivity contribution >= 4 is 33.3 Å². The lowest BCUT2D eigenvalue weighted by Crippen LogP contribution is -1.88. The second kappa shape index (κ2) is 6.85. The molecule has 0 N–H and O–H groups in total. The Hall–Kier alpha value is -2.38. The molecule has 2 aromatic heterocycles. The van der Waals surface area contributed by atoms with Crippen molar-refractivity contribution in [1.82, 2.24) is 15.2 Å². The molecule has 0 spiro atoms. The summed E-state index contributed by atoms with van der Waals surface area (Å²) in [6.45, 7) is 2.04. The minimum atomic E-state index is 0.0278. The van der Waals surface area contributed by atoms with Gasteiger partial charge in [-0.25, -0.2) is 4.98 Å². The van der Waals surface area contributed by atoms with Crippen molar-refractivity contribution in [3.8, 4) is 17.2 Å². The average molecular weight is 369 g/mol. The molecular weight excluding hydrogens is 354 g/mol. The number of hydrogen-bond acceptors (Lipinski definition) is 7. The molecule has 0 aliphatic carbocycles. The molecule has 0 amide bonds. The number of fused-ring (bicyclic) bond motifs is 1. The zero-order valence-electron chi connectivity index (χ0n) is 13.7. The first-order valence-corrected chi connectivity index (χ1v) is 9.42. The number of aromatic nitrogens is 3. The van der Waals surface area contributed by atoms with Gasteiger partial charge in [0.15, 0.2) is 4.34 Å². The molecule has 0 radical (unpaired) electrons. The number of thioether (sulfide) groups is 1. The molecule has 0 fully saturated rings. The summed E-state index contributed by atoms with van der Waals surface area (Å²) in [7, 11) is 1.64. The largest absolute Gasteiger partial charge is 0.497 e. The maximum Gasteiger partial charge on any atom is 0.247 e. The normalized spacial score (nSPS) is 12.4. The summed E-state index contributed by atoms with van der Waals surface area (Å²) in [4.78, 5) is 4.64. The summed E-state index contributed by atoms with van der Waals surface area (Å²) in [6.07, 6.45) is 0. The van der Waals surface area contributed by atoms with Crippen LogP contribution in [0.25, 0.3) is 21.7 Å². The molecule has 0 aliphatic heterocycles. The van der Waals surface area contributed by atoms with E-state index in [-0.39, 0.29) is 5.25 Å². The molecule has 0 saturated heterocycles. The fraction of sp³-hybridized carbons (Fsp3) is 0.167. The Morgan fingerprint density at radius 1 is 1.08 bits per heavy atom. The van der Waals surface area contributed by atoms with Crippen LogP contribution in [-0.4, -0.2) is 22.3 Å². The van der Waals surface area contributed by atoms with E-state index in [0.717, 1.165) is 21.2 Å². The number of para-hydroxylation sites is 1. The van der Waals surface area contributed by atoms with Crippen LogP contribution in [0.4, 0.5) is 0 Å². The second-order valence-electron chi connectivity index (χ2n) is 5.38. The van der Waals surface area contributed by atoms with E-state index in [1.165, 1.54) is 4.70 Å². The smallest absolute Gasteiger partial charge is 0.247 e. The Bertz CT molecular complexity index is 962. The van der Waals surface area contributed by atoms with E-state index in [0.29, 0.717) is 11.8 Å². The molecule has 4 rings (SSSR count). The maximum absolute atomic E-state index is 5.84. The first-order chi connectivity index (χ1) is 12.2. The van der Waals surface area contributed by atoms with Crippen molar-refractivity contribution in [2.75, 3.05) is 7.11 Å². The van der Waals surface area contributed by atoms with Crippen LogP contribution in [0.15, 0.2) is 57.3 Å². The van der Waals surface area contributed by atoms with Crippen molar-refractivity contribution in [2.45, 2.75) is 16.5 Å². The Labute approximate surface area is 153 Å². The molecule has 4 aromatic rings. The molecule has 0 saturated carbocycles. The Morgan fingerprint density at radius 3 is 2.64 bits per heavy atom. The van der Waals surface area contributed by atoms with Crippen LogP contribution in [0, 0.1) is 0 Å². The lowest BCUT2D eigenvalue weighted by Gasteiger charge is -2.03. The van der Waals surface area contributed by atoms with Gasteiger partial charge in [0.05, 0.1) is 22.6 Å². The molecule has 126 valence electrons. The van der Waals surface area contributed by atoms with Crippen LogP contribution in [-0.2, 0) is 0 Å². The fourth-order valence-electron chi connectivity index (χ4n) is 2.35. The van der Waals surface area contributed by atoms with Gasteiger partial charge in [-0.15, -0.1) is 21.5 Å². The van der Waals surface area contributed by atoms with Gasteiger partial charge in [-0.05, 0) is 43.3 Å². The van der Waals surface area contributed by atoms with E-state index in [4.69, 9.17) is 9.15 Å². The van der Waals surface area contributed by atoms with Gasteiger partial charge in [0, 0.05) is 5.56 Å². The van der Waals surface area contributed by atoms with Crippen LogP contribution in [0.5, 0.6) is 5.75 Å². The molecule has 5 nitrogen and oxygen atoms in total. The molecule has 7 heteroatoms. The summed E-state index contributed by atoms with van der Waals surface area (Å²) in [5, 5.41) is 8.38. The molecule has 2 heterocycles. The van der Waals surface area contributed by atoms with Crippen molar-refractivity contribution < 1.29 is 9.15 Å². The van der Waals surface area contributed by atoms with Crippen LogP contribution in [0.3, 0.4) is 0 Å². The van der Waals surface area contributed by atoms with Crippen molar-refractivity contribution in [3.63, 3.8) is 0 Å². The maximum atomic E-state index is 5.84. The van der Waals surface area contributed by atoms with Crippen LogP contribution >= 0.6 is 23.1 Å². The van der Waals surface area contributed by atoms with Crippen molar-refractivity contribution in [2.24, 2.45) is 0 Å². The highest BCUT2D eigenvalue weighted by molar-refractivity contribution is 8.01. The number of benzene rings is 2. The van der Waals surface area contributed by atoms with E-state index in [2.05, 4.69) is 21.2 Å². The minimum Gasteiger partial charge on any atom is -0.497 e. The van der Waals surface area contributed by atoms with E-state index >= 15 is 0 Å². The van der Waals surface area contributed by atoms with Gasteiger partial charge in [0.25, 0.3) is 0 Å². The zero-order valence-corrected chi connectivity index (χ0v) is 15.3. The zero-order chi connectivity index (χ0) is 17.2. The highest BCUT2D eigenvalue weighted by Crippen LogP contribution is 2.38. The summed E-state index contributed by atoms with van der Waals surface area (Å²) in [5.74, 6) is 1.90. The van der Waals surface area contributed by atoms with Gasteiger partial charge in [-0.3, -0.25) is 0 Å². The van der Waals surface area contributed by atoms with E-state index < -0.39 is 0 Å². The predicted molar refractivity (Wildman–Crippen MR) is 100 cm³/mol. The number of methoxy groups -OCH3 is 1. The Morgan fingerprint density at radius 2 is 1.88 bits per heavy atom. The summed E-state index contributed by atoms with van der Waals surface area (Å²) in [6, 6.07) is 15.7. The third-order valence-electron chi connectivity index (χ3n) is 3.68. The van der Waals surface area contributed by atoms with Gasteiger partial charge < -0.3 is 9.15 Å². The number of ether oxygens (including phenoxy) is 1. The summed E-state index contributed by atoms with van der Waals surface area (Å²) in [5.41, 5.74) is 1.89. The highest BCUT2D eigenvalue weighted by atomic mass is 32.2. The monoisotopic (exact) mass is 369 g/mol. The predicted octanol–water partition coefficient (Wildman–Crippen LogP) is 5.21. The summed E-state index contributed by atoms with van der Waals surface area (Å²) >= 11 is 3.30.